The highest BCUT2D eigenvalue weighted by atomic mass is 32.2. The van der Waals surface area contributed by atoms with Crippen LogP contribution in [0.15, 0.2) is 19.0 Å². The first-order valence-corrected chi connectivity index (χ1v) is 8.45. The molecule has 0 saturated heterocycles. The van der Waals surface area contributed by atoms with Gasteiger partial charge in [-0.2, -0.15) is 5.10 Å². The highest BCUT2D eigenvalue weighted by molar-refractivity contribution is 8.01. The SMILES string of the molecule is CCSc1nnc(NC(=O)CSc2n[nH]c(=O)[nH]c2=O)s1. The van der Waals surface area contributed by atoms with Crippen molar-refractivity contribution in [3.05, 3.63) is 20.8 Å². The van der Waals surface area contributed by atoms with Crippen molar-refractivity contribution in [1.29, 1.82) is 0 Å². The number of anilines is 1. The van der Waals surface area contributed by atoms with Gasteiger partial charge >= 0.3 is 5.69 Å². The van der Waals surface area contributed by atoms with E-state index >= 15 is 0 Å². The monoisotopic (exact) mass is 346 g/mol. The van der Waals surface area contributed by atoms with Gasteiger partial charge in [0.2, 0.25) is 11.0 Å². The zero-order valence-electron chi connectivity index (χ0n) is 10.7. The van der Waals surface area contributed by atoms with Crippen molar-refractivity contribution in [2.24, 2.45) is 0 Å². The fourth-order valence-corrected chi connectivity index (χ4v) is 3.46. The molecular formula is C9H10N6O3S3. The van der Waals surface area contributed by atoms with Gasteiger partial charge in [0.05, 0.1) is 5.75 Å². The summed E-state index contributed by atoms with van der Waals surface area (Å²) < 4.78 is 0.777. The Kier molecular flexibility index (Phi) is 5.52. The zero-order valence-corrected chi connectivity index (χ0v) is 13.2. The summed E-state index contributed by atoms with van der Waals surface area (Å²) in [6, 6.07) is 0. The normalized spacial score (nSPS) is 10.5. The van der Waals surface area contributed by atoms with Crippen LogP contribution in [0.3, 0.4) is 0 Å². The standard InChI is InChI=1S/C9H10N6O3S3/c1-2-19-9-15-14-8(21-9)10-4(16)3-20-6-5(17)11-7(18)13-12-6/h2-3H2,1H3,(H,10,14,16)(H2,11,13,17,18). The van der Waals surface area contributed by atoms with E-state index in [9.17, 15) is 14.4 Å². The van der Waals surface area contributed by atoms with Gasteiger partial charge in [-0.25, -0.2) is 9.89 Å². The van der Waals surface area contributed by atoms with E-state index in [-0.39, 0.29) is 16.7 Å². The Hall–Kier alpha value is -1.66. The number of carbonyl (C=O) groups is 1. The zero-order chi connectivity index (χ0) is 15.2. The molecule has 0 saturated carbocycles. The summed E-state index contributed by atoms with van der Waals surface area (Å²) in [4.78, 5) is 35.9. The molecule has 0 aromatic carbocycles. The molecule has 0 radical (unpaired) electrons. The number of carbonyl (C=O) groups excluding carboxylic acids is 1. The molecule has 9 nitrogen and oxygen atoms in total. The summed E-state index contributed by atoms with van der Waals surface area (Å²) >= 11 is 3.73. The van der Waals surface area contributed by atoms with Crippen LogP contribution in [0.2, 0.25) is 0 Å². The average molecular weight is 346 g/mol. The van der Waals surface area contributed by atoms with Crippen molar-refractivity contribution in [3.63, 3.8) is 0 Å². The summed E-state index contributed by atoms with van der Waals surface area (Å²) in [6.07, 6.45) is 0. The Morgan fingerprint density at radius 2 is 2.14 bits per heavy atom. The van der Waals surface area contributed by atoms with Crippen LogP contribution in [0.1, 0.15) is 6.92 Å². The third-order valence-electron chi connectivity index (χ3n) is 1.94. The topological polar surface area (TPSA) is 133 Å². The molecule has 112 valence electrons. The number of aromatic nitrogens is 5. The largest absolute Gasteiger partial charge is 0.342 e. The molecule has 0 aliphatic carbocycles. The minimum Gasteiger partial charge on any atom is -0.300 e. The minimum atomic E-state index is -0.691. The Labute approximate surface area is 130 Å². The highest BCUT2D eigenvalue weighted by Crippen LogP contribution is 2.25. The van der Waals surface area contributed by atoms with Gasteiger partial charge in [-0.3, -0.25) is 19.9 Å². The summed E-state index contributed by atoms with van der Waals surface area (Å²) in [6.45, 7) is 2.00. The summed E-state index contributed by atoms with van der Waals surface area (Å²) in [5.74, 6) is 0.508. The maximum absolute atomic E-state index is 11.7. The van der Waals surface area contributed by atoms with E-state index in [2.05, 4.69) is 25.7 Å². The van der Waals surface area contributed by atoms with E-state index in [0.717, 1.165) is 21.9 Å². The minimum absolute atomic E-state index is 0.0178. The quantitative estimate of drug-likeness (QED) is 0.497. The van der Waals surface area contributed by atoms with Crippen LogP contribution in [0.5, 0.6) is 0 Å². The van der Waals surface area contributed by atoms with E-state index < -0.39 is 11.2 Å². The first kappa shape index (κ1) is 15.7. The van der Waals surface area contributed by atoms with Gasteiger partial charge in [-0.05, 0) is 5.75 Å². The van der Waals surface area contributed by atoms with Crippen LogP contribution in [-0.2, 0) is 4.79 Å². The highest BCUT2D eigenvalue weighted by Gasteiger charge is 2.11. The first-order valence-electron chi connectivity index (χ1n) is 5.66. The van der Waals surface area contributed by atoms with E-state index in [1.54, 1.807) is 0 Å². The van der Waals surface area contributed by atoms with E-state index in [1.165, 1.54) is 23.1 Å². The molecule has 0 unspecified atom stereocenters. The van der Waals surface area contributed by atoms with Gasteiger partial charge in [0.25, 0.3) is 5.56 Å². The molecule has 0 atom stereocenters. The van der Waals surface area contributed by atoms with Crippen LogP contribution in [0.25, 0.3) is 0 Å². The third-order valence-corrected chi connectivity index (χ3v) is 4.75. The molecule has 2 aromatic heterocycles. The van der Waals surface area contributed by atoms with E-state index in [4.69, 9.17) is 0 Å². The second-order valence-electron chi connectivity index (χ2n) is 3.45. The molecule has 3 N–H and O–H groups in total. The number of nitrogens with one attached hydrogen (secondary N) is 3. The second-order valence-corrected chi connectivity index (χ2v) is 6.91. The van der Waals surface area contributed by atoms with Crippen molar-refractivity contribution in [2.45, 2.75) is 16.3 Å². The van der Waals surface area contributed by atoms with Crippen LogP contribution in [0.4, 0.5) is 5.13 Å². The predicted octanol–water partition coefficient (Wildman–Crippen LogP) is 0.153. The fraction of sp³-hybridized carbons (Fsp3) is 0.333. The number of rotatable bonds is 6. The molecular weight excluding hydrogens is 336 g/mol. The van der Waals surface area contributed by atoms with Crippen molar-refractivity contribution < 1.29 is 4.79 Å². The fourth-order valence-electron chi connectivity index (χ4n) is 1.17. The maximum atomic E-state index is 11.7. The van der Waals surface area contributed by atoms with E-state index in [1.807, 2.05) is 11.9 Å². The van der Waals surface area contributed by atoms with Gasteiger partial charge in [0.15, 0.2) is 9.37 Å². The maximum Gasteiger partial charge on any atom is 0.342 e. The number of aromatic amines is 2. The van der Waals surface area contributed by atoms with Gasteiger partial charge in [0.1, 0.15) is 0 Å². The molecule has 0 bridgehead atoms. The van der Waals surface area contributed by atoms with Gasteiger partial charge in [0, 0.05) is 0 Å². The van der Waals surface area contributed by atoms with Crippen molar-refractivity contribution in [1.82, 2.24) is 25.4 Å². The molecule has 21 heavy (non-hydrogen) atoms. The molecule has 0 aliphatic rings. The van der Waals surface area contributed by atoms with Crippen LogP contribution in [-0.4, -0.2) is 42.8 Å². The van der Waals surface area contributed by atoms with Crippen LogP contribution < -0.4 is 16.6 Å². The number of hydrogen-bond acceptors (Lipinski definition) is 9. The smallest absolute Gasteiger partial charge is 0.300 e. The Morgan fingerprint density at radius 1 is 1.33 bits per heavy atom. The molecule has 2 rings (SSSR count). The molecule has 0 fully saturated rings. The number of thioether (sulfide) groups is 2. The number of amides is 1. The molecule has 2 aromatic rings. The molecule has 2 heterocycles. The molecule has 1 amide bonds. The number of H-pyrrole nitrogens is 2. The molecule has 0 spiro atoms. The van der Waals surface area contributed by atoms with E-state index in [0.29, 0.717) is 5.13 Å². The first-order chi connectivity index (χ1) is 10.1. The lowest BCUT2D eigenvalue weighted by Crippen LogP contribution is -2.25. The van der Waals surface area contributed by atoms with Gasteiger partial charge in [-0.1, -0.05) is 41.8 Å². The number of nitrogens with zero attached hydrogens (tertiary/aromatic N) is 3. The summed E-state index contributed by atoms with van der Waals surface area (Å²) in [5.41, 5.74) is -1.32. The van der Waals surface area contributed by atoms with Crippen molar-refractivity contribution in [3.8, 4) is 0 Å². The molecule has 12 heteroatoms. The van der Waals surface area contributed by atoms with Crippen molar-refractivity contribution >= 4 is 45.9 Å². The van der Waals surface area contributed by atoms with Crippen molar-refractivity contribution in [2.75, 3.05) is 16.8 Å². The second kappa shape index (κ2) is 7.38. The lowest BCUT2D eigenvalue weighted by Gasteiger charge is -1.99. The summed E-state index contributed by atoms with van der Waals surface area (Å²) in [5, 5.41) is 16.4. The number of hydrogen-bond donors (Lipinski definition) is 3. The lowest BCUT2D eigenvalue weighted by atomic mass is 10.7. The average Bonchev–Trinajstić information content (AvgIpc) is 2.85. The third kappa shape index (κ3) is 4.68. The van der Waals surface area contributed by atoms with Crippen LogP contribution in [0, 0.1) is 0 Å². The lowest BCUT2D eigenvalue weighted by molar-refractivity contribution is -0.113. The van der Waals surface area contributed by atoms with Gasteiger partial charge in [-0.15, -0.1) is 10.2 Å². The summed E-state index contributed by atoms with van der Waals surface area (Å²) in [7, 11) is 0. The Balaban J connectivity index is 1.89. The van der Waals surface area contributed by atoms with Gasteiger partial charge < -0.3 is 0 Å². The predicted molar refractivity (Wildman–Crippen MR) is 81.1 cm³/mol. The Bertz CT molecular complexity index is 739. The molecule has 0 aliphatic heterocycles. The van der Waals surface area contributed by atoms with Crippen LogP contribution >= 0.6 is 34.9 Å². The Morgan fingerprint density at radius 3 is 2.86 bits per heavy atom.